The van der Waals surface area contributed by atoms with Gasteiger partial charge in [0.15, 0.2) is 0 Å². The van der Waals surface area contributed by atoms with Crippen LogP contribution in [0, 0.1) is 19.8 Å². The van der Waals surface area contributed by atoms with Crippen molar-refractivity contribution in [2.45, 2.75) is 47.3 Å². The van der Waals surface area contributed by atoms with Crippen LogP contribution in [0.25, 0.3) is 53.5 Å². The lowest BCUT2D eigenvalue weighted by molar-refractivity contribution is 0.302. The number of aromatic amines is 1. The summed E-state index contributed by atoms with van der Waals surface area (Å²) in [5, 5.41) is 8.60. The molecule has 0 fully saturated rings. The van der Waals surface area contributed by atoms with Gasteiger partial charge in [0, 0.05) is 44.5 Å². The predicted molar refractivity (Wildman–Crippen MR) is 159 cm³/mol. The largest absolute Gasteiger partial charge is 0.485 e. The fourth-order valence-electron chi connectivity index (χ4n) is 5.51. The topological polar surface area (TPSA) is 62.8 Å². The van der Waals surface area contributed by atoms with Crippen LogP contribution in [-0.2, 0) is 6.61 Å². The van der Waals surface area contributed by atoms with Crippen LogP contribution in [0.15, 0.2) is 54.7 Å². The minimum Gasteiger partial charge on any atom is -0.485 e. The Hall–Kier alpha value is -3.90. The Morgan fingerprint density at radius 3 is 2.71 bits per heavy atom. The monoisotopic (exact) mass is 518 g/mol. The van der Waals surface area contributed by atoms with Crippen LogP contribution >= 0.6 is 11.3 Å². The van der Waals surface area contributed by atoms with Gasteiger partial charge in [0.1, 0.15) is 18.2 Å². The van der Waals surface area contributed by atoms with Crippen LogP contribution in [0.4, 0.5) is 5.69 Å². The molecule has 0 saturated heterocycles. The fraction of sp³-hybridized carbons (Fsp3) is 0.250. The second kappa shape index (κ2) is 8.57. The maximum Gasteiger partial charge on any atom is 0.147 e. The van der Waals surface area contributed by atoms with Gasteiger partial charge in [-0.1, -0.05) is 38.1 Å². The average molecular weight is 519 g/mol. The van der Waals surface area contributed by atoms with E-state index in [0.717, 1.165) is 34.0 Å². The third kappa shape index (κ3) is 3.51. The quantitative estimate of drug-likeness (QED) is 0.229. The SMILES string of the molecule is Cc1nc2c([nH]1)COc1c-2ccc2cc(-c3ccc4c(NC(C)C(C)C)c(C)c5cccnc5c4c3)sc12. The summed E-state index contributed by atoms with van der Waals surface area (Å²) in [4.78, 5) is 14.1. The number of pyridine rings is 1. The normalized spacial score (nSPS) is 13.6. The van der Waals surface area contributed by atoms with E-state index >= 15 is 0 Å². The van der Waals surface area contributed by atoms with Crippen LogP contribution < -0.4 is 10.1 Å². The van der Waals surface area contributed by atoms with Crippen LogP contribution in [0.5, 0.6) is 5.75 Å². The number of hydrogen-bond acceptors (Lipinski definition) is 5. The first-order valence-corrected chi connectivity index (χ1v) is 14.0. The highest BCUT2D eigenvalue weighted by molar-refractivity contribution is 7.22. The molecule has 5 nitrogen and oxygen atoms in total. The van der Waals surface area contributed by atoms with Gasteiger partial charge in [-0.05, 0) is 67.5 Å². The Balaban J connectivity index is 1.40. The van der Waals surface area contributed by atoms with E-state index in [9.17, 15) is 0 Å². The van der Waals surface area contributed by atoms with Crippen molar-refractivity contribution in [1.82, 2.24) is 15.0 Å². The van der Waals surface area contributed by atoms with E-state index < -0.39 is 0 Å². The van der Waals surface area contributed by atoms with Crippen molar-refractivity contribution in [3.63, 3.8) is 0 Å². The highest BCUT2D eigenvalue weighted by atomic mass is 32.1. The molecule has 190 valence electrons. The van der Waals surface area contributed by atoms with Gasteiger partial charge in [0.05, 0.1) is 21.6 Å². The van der Waals surface area contributed by atoms with Crippen molar-refractivity contribution < 1.29 is 4.74 Å². The third-order valence-corrected chi connectivity index (χ3v) is 9.14. The number of imidazole rings is 1. The summed E-state index contributed by atoms with van der Waals surface area (Å²) >= 11 is 1.78. The van der Waals surface area contributed by atoms with E-state index in [1.165, 1.54) is 47.9 Å². The number of benzene rings is 3. The first-order chi connectivity index (χ1) is 18.4. The Morgan fingerprint density at radius 2 is 1.87 bits per heavy atom. The van der Waals surface area contributed by atoms with Crippen LogP contribution in [0.3, 0.4) is 0 Å². The van der Waals surface area contributed by atoms with Gasteiger partial charge in [-0.15, -0.1) is 11.3 Å². The first-order valence-electron chi connectivity index (χ1n) is 13.2. The molecule has 1 atom stereocenters. The second-order valence-corrected chi connectivity index (χ2v) is 11.8. The molecule has 6 heteroatoms. The van der Waals surface area contributed by atoms with Crippen LogP contribution in [-0.4, -0.2) is 21.0 Å². The van der Waals surface area contributed by atoms with Crippen molar-refractivity contribution in [1.29, 1.82) is 0 Å². The molecule has 38 heavy (non-hydrogen) atoms. The number of nitrogens with zero attached hydrogens (tertiary/aromatic N) is 2. The fourth-order valence-corrected chi connectivity index (χ4v) is 6.67. The molecule has 0 aliphatic carbocycles. The summed E-state index contributed by atoms with van der Waals surface area (Å²) in [5.74, 6) is 2.39. The predicted octanol–water partition coefficient (Wildman–Crippen LogP) is 8.63. The Bertz CT molecular complexity index is 1880. The molecule has 0 amide bonds. The molecule has 0 radical (unpaired) electrons. The molecule has 0 bridgehead atoms. The number of aromatic nitrogens is 3. The summed E-state index contributed by atoms with van der Waals surface area (Å²) in [7, 11) is 0. The summed E-state index contributed by atoms with van der Waals surface area (Å²) in [6, 6.07) is 18.0. The summed E-state index contributed by atoms with van der Waals surface area (Å²) < 4.78 is 7.43. The van der Waals surface area contributed by atoms with Gasteiger partial charge in [-0.3, -0.25) is 4.98 Å². The van der Waals surface area contributed by atoms with Crippen molar-refractivity contribution in [2.24, 2.45) is 5.92 Å². The van der Waals surface area contributed by atoms with Gasteiger partial charge in [0.25, 0.3) is 0 Å². The zero-order chi connectivity index (χ0) is 26.1. The maximum absolute atomic E-state index is 6.26. The molecule has 7 rings (SSSR count). The molecular formula is C32H30N4OS. The van der Waals surface area contributed by atoms with Gasteiger partial charge in [0.2, 0.25) is 0 Å². The van der Waals surface area contributed by atoms with E-state index in [1.807, 2.05) is 19.2 Å². The van der Waals surface area contributed by atoms with Crippen molar-refractivity contribution in [3.8, 4) is 27.4 Å². The first kappa shape index (κ1) is 23.2. The van der Waals surface area contributed by atoms with Crippen molar-refractivity contribution in [2.75, 3.05) is 5.32 Å². The molecule has 0 spiro atoms. The number of fused-ring (bicyclic) bond motifs is 8. The molecule has 3 aromatic heterocycles. The Kier molecular flexibility index (Phi) is 5.24. The number of anilines is 1. The molecule has 4 heterocycles. The minimum atomic E-state index is 0.360. The van der Waals surface area contributed by atoms with E-state index in [4.69, 9.17) is 14.7 Å². The molecule has 6 aromatic rings. The number of aryl methyl sites for hydroxylation is 2. The molecular weight excluding hydrogens is 488 g/mol. The van der Waals surface area contributed by atoms with Crippen molar-refractivity contribution >= 4 is 48.8 Å². The maximum atomic E-state index is 6.26. The number of H-pyrrole nitrogens is 1. The van der Waals surface area contributed by atoms with Crippen LogP contribution in [0.2, 0.25) is 0 Å². The number of ether oxygens (including phenoxy) is 1. The number of rotatable bonds is 4. The Labute approximate surface area is 225 Å². The summed E-state index contributed by atoms with van der Waals surface area (Å²) in [5.41, 5.74) is 7.82. The number of thiophene rings is 1. The Morgan fingerprint density at radius 1 is 1.00 bits per heavy atom. The minimum absolute atomic E-state index is 0.360. The highest BCUT2D eigenvalue weighted by Crippen LogP contribution is 2.47. The zero-order valence-corrected chi connectivity index (χ0v) is 23.1. The smallest absolute Gasteiger partial charge is 0.147 e. The van der Waals surface area contributed by atoms with Crippen molar-refractivity contribution in [3.05, 3.63) is 71.8 Å². The lowest BCUT2D eigenvalue weighted by Gasteiger charge is -2.23. The van der Waals surface area contributed by atoms with E-state index in [0.29, 0.717) is 18.6 Å². The summed E-state index contributed by atoms with van der Waals surface area (Å²) in [6.45, 7) is 11.5. The third-order valence-electron chi connectivity index (χ3n) is 7.94. The molecule has 1 aliphatic heterocycles. The van der Waals surface area contributed by atoms with Gasteiger partial charge in [-0.25, -0.2) is 4.98 Å². The zero-order valence-electron chi connectivity index (χ0n) is 22.3. The van der Waals surface area contributed by atoms with Gasteiger partial charge in [-0.2, -0.15) is 0 Å². The van der Waals surface area contributed by atoms with Gasteiger partial charge >= 0.3 is 0 Å². The van der Waals surface area contributed by atoms with Crippen LogP contribution in [0.1, 0.15) is 37.9 Å². The molecule has 2 N–H and O–H groups in total. The summed E-state index contributed by atoms with van der Waals surface area (Å²) in [6.07, 6.45) is 1.89. The van der Waals surface area contributed by atoms with Gasteiger partial charge < -0.3 is 15.0 Å². The lowest BCUT2D eigenvalue weighted by Crippen LogP contribution is -2.22. The molecule has 1 aliphatic rings. The number of nitrogens with one attached hydrogen (secondary N) is 2. The average Bonchev–Trinajstić information content (AvgIpc) is 3.53. The van der Waals surface area contributed by atoms with E-state index in [-0.39, 0.29) is 0 Å². The highest BCUT2D eigenvalue weighted by Gasteiger charge is 2.24. The standard InChI is InChI=1S/C32H30N4OS/c1-16(2)18(4)34-28-17(3)22-7-6-12-33-29(22)25-13-20(8-10-23(25)28)27-14-21-9-11-24-30-26(35-19(5)36-30)15-37-31(24)32(21)38-27/h6-14,16,18,34H,15H2,1-5H3,(H,35,36). The second-order valence-electron chi connectivity index (χ2n) is 10.7. The van der Waals surface area contributed by atoms with E-state index in [1.54, 1.807) is 11.3 Å². The molecule has 3 aromatic carbocycles. The number of hydrogen-bond donors (Lipinski definition) is 2. The van der Waals surface area contributed by atoms with E-state index in [2.05, 4.69) is 80.5 Å². The molecule has 1 unspecified atom stereocenters. The lowest BCUT2D eigenvalue weighted by atomic mass is 9.95. The molecule has 0 saturated carbocycles.